The lowest BCUT2D eigenvalue weighted by molar-refractivity contribution is 0.109. The van der Waals surface area contributed by atoms with Crippen molar-refractivity contribution in [2.24, 2.45) is 0 Å². The molecule has 0 spiro atoms. The van der Waals surface area contributed by atoms with Crippen molar-refractivity contribution < 1.29 is 9.47 Å². The number of rotatable bonds is 7. The van der Waals surface area contributed by atoms with Gasteiger partial charge in [0, 0.05) is 19.7 Å². The molecule has 0 aromatic heterocycles. The SMILES string of the molecule is c1ccc(-c2ccc(OCCNCC3CCCO3)cc2)cc1. The van der Waals surface area contributed by atoms with Crippen LogP contribution >= 0.6 is 0 Å². The second-order valence-corrected chi connectivity index (χ2v) is 5.58. The third-order valence-corrected chi connectivity index (χ3v) is 3.91. The molecule has 22 heavy (non-hydrogen) atoms. The topological polar surface area (TPSA) is 30.5 Å². The van der Waals surface area contributed by atoms with E-state index in [4.69, 9.17) is 9.47 Å². The molecule has 0 saturated carbocycles. The molecule has 0 aliphatic carbocycles. The van der Waals surface area contributed by atoms with Crippen molar-refractivity contribution in [3.63, 3.8) is 0 Å². The third-order valence-electron chi connectivity index (χ3n) is 3.91. The summed E-state index contributed by atoms with van der Waals surface area (Å²) in [5.74, 6) is 0.915. The van der Waals surface area contributed by atoms with Crippen molar-refractivity contribution in [2.75, 3.05) is 26.3 Å². The first-order valence-electron chi connectivity index (χ1n) is 8.02. The lowest BCUT2D eigenvalue weighted by Crippen LogP contribution is -2.29. The maximum absolute atomic E-state index is 5.76. The molecule has 116 valence electrons. The van der Waals surface area contributed by atoms with E-state index < -0.39 is 0 Å². The normalized spacial score (nSPS) is 17.5. The van der Waals surface area contributed by atoms with Crippen molar-refractivity contribution in [1.29, 1.82) is 0 Å². The molecule has 1 aliphatic rings. The maximum Gasteiger partial charge on any atom is 0.119 e. The molecule has 0 radical (unpaired) electrons. The summed E-state index contributed by atoms with van der Waals surface area (Å²) in [7, 11) is 0. The van der Waals surface area contributed by atoms with Gasteiger partial charge in [-0.15, -0.1) is 0 Å². The fraction of sp³-hybridized carbons (Fsp3) is 0.368. The Morgan fingerprint density at radius 3 is 2.50 bits per heavy atom. The zero-order valence-corrected chi connectivity index (χ0v) is 12.8. The Bertz CT molecular complexity index is 547. The van der Waals surface area contributed by atoms with Crippen LogP contribution in [0.15, 0.2) is 54.6 Å². The van der Waals surface area contributed by atoms with E-state index in [-0.39, 0.29) is 0 Å². The average molecular weight is 297 g/mol. The average Bonchev–Trinajstić information content (AvgIpc) is 3.09. The second kappa shape index (κ2) is 7.97. The molecule has 3 heteroatoms. The minimum atomic E-state index is 0.394. The number of hydrogen-bond acceptors (Lipinski definition) is 3. The summed E-state index contributed by atoms with van der Waals surface area (Å²) in [5.41, 5.74) is 2.44. The van der Waals surface area contributed by atoms with Crippen LogP contribution in [-0.2, 0) is 4.74 Å². The van der Waals surface area contributed by atoms with Gasteiger partial charge in [0.05, 0.1) is 6.10 Å². The maximum atomic E-state index is 5.76. The van der Waals surface area contributed by atoms with Gasteiger partial charge in [-0.05, 0) is 36.1 Å². The summed E-state index contributed by atoms with van der Waals surface area (Å²) in [6, 6.07) is 18.6. The molecular weight excluding hydrogens is 274 g/mol. The highest BCUT2D eigenvalue weighted by molar-refractivity contribution is 5.63. The monoisotopic (exact) mass is 297 g/mol. The molecular formula is C19H23NO2. The molecule has 2 aromatic carbocycles. The van der Waals surface area contributed by atoms with Crippen molar-refractivity contribution in [1.82, 2.24) is 5.32 Å². The molecule has 3 rings (SSSR count). The molecule has 1 atom stereocenters. The van der Waals surface area contributed by atoms with E-state index in [1.807, 2.05) is 18.2 Å². The van der Waals surface area contributed by atoms with Crippen molar-refractivity contribution in [3.8, 4) is 16.9 Å². The number of nitrogens with one attached hydrogen (secondary N) is 1. The highest BCUT2D eigenvalue weighted by Crippen LogP contribution is 2.21. The van der Waals surface area contributed by atoms with Gasteiger partial charge in [0.1, 0.15) is 12.4 Å². The first kappa shape index (κ1) is 15.1. The van der Waals surface area contributed by atoms with Gasteiger partial charge in [0.15, 0.2) is 0 Å². The van der Waals surface area contributed by atoms with Crippen molar-refractivity contribution in [3.05, 3.63) is 54.6 Å². The van der Waals surface area contributed by atoms with Gasteiger partial charge in [-0.2, -0.15) is 0 Å². The highest BCUT2D eigenvalue weighted by Gasteiger charge is 2.14. The van der Waals surface area contributed by atoms with E-state index in [2.05, 4.69) is 41.7 Å². The Hall–Kier alpha value is -1.84. The quantitative estimate of drug-likeness (QED) is 0.793. The van der Waals surface area contributed by atoms with Gasteiger partial charge in [-0.1, -0.05) is 42.5 Å². The zero-order chi connectivity index (χ0) is 15.0. The minimum absolute atomic E-state index is 0.394. The smallest absolute Gasteiger partial charge is 0.119 e. The summed E-state index contributed by atoms with van der Waals surface area (Å²) in [6.07, 6.45) is 2.76. The lowest BCUT2D eigenvalue weighted by atomic mass is 10.1. The van der Waals surface area contributed by atoms with Crippen LogP contribution in [0.2, 0.25) is 0 Å². The van der Waals surface area contributed by atoms with E-state index in [9.17, 15) is 0 Å². The van der Waals surface area contributed by atoms with Crippen molar-refractivity contribution >= 4 is 0 Å². The first-order chi connectivity index (χ1) is 10.9. The summed E-state index contributed by atoms with van der Waals surface area (Å²) in [5, 5.41) is 3.38. The van der Waals surface area contributed by atoms with E-state index in [0.29, 0.717) is 12.7 Å². The molecule has 1 N–H and O–H groups in total. The first-order valence-corrected chi connectivity index (χ1v) is 8.02. The Morgan fingerprint density at radius 2 is 1.77 bits per heavy atom. The highest BCUT2D eigenvalue weighted by atomic mass is 16.5. The van der Waals surface area contributed by atoms with E-state index in [1.165, 1.54) is 24.0 Å². The van der Waals surface area contributed by atoms with Gasteiger partial charge in [-0.25, -0.2) is 0 Å². The van der Waals surface area contributed by atoms with Gasteiger partial charge in [-0.3, -0.25) is 0 Å². The molecule has 1 unspecified atom stereocenters. The zero-order valence-electron chi connectivity index (χ0n) is 12.8. The van der Waals surface area contributed by atoms with Crippen LogP contribution in [0.5, 0.6) is 5.75 Å². The Balaban J connectivity index is 1.39. The van der Waals surface area contributed by atoms with Crippen LogP contribution in [0.4, 0.5) is 0 Å². The van der Waals surface area contributed by atoms with Crippen LogP contribution < -0.4 is 10.1 Å². The van der Waals surface area contributed by atoms with E-state index in [1.54, 1.807) is 0 Å². The van der Waals surface area contributed by atoms with Crippen LogP contribution in [0, 0.1) is 0 Å². The standard InChI is InChI=1S/C19H23NO2/c1-2-5-16(6-3-1)17-8-10-18(11-9-17)22-14-12-20-15-19-7-4-13-21-19/h1-3,5-6,8-11,19-20H,4,7,12-15H2. The van der Waals surface area contributed by atoms with Gasteiger partial charge < -0.3 is 14.8 Å². The summed E-state index contributed by atoms with van der Waals surface area (Å²) < 4.78 is 11.3. The largest absolute Gasteiger partial charge is 0.492 e. The molecule has 1 fully saturated rings. The van der Waals surface area contributed by atoms with Crippen LogP contribution in [0.25, 0.3) is 11.1 Å². The van der Waals surface area contributed by atoms with E-state index in [0.717, 1.165) is 25.4 Å². The molecule has 1 aliphatic heterocycles. The molecule has 2 aromatic rings. The predicted molar refractivity (Wildman–Crippen MR) is 89.2 cm³/mol. The predicted octanol–water partition coefficient (Wildman–Crippen LogP) is 3.50. The molecule has 1 heterocycles. The Morgan fingerprint density at radius 1 is 1.00 bits per heavy atom. The van der Waals surface area contributed by atoms with Gasteiger partial charge in [0.25, 0.3) is 0 Å². The lowest BCUT2D eigenvalue weighted by Gasteiger charge is -2.11. The summed E-state index contributed by atoms with van der Waals surface area (Å²) >= 11 is 0. The van der Waals surface area contributed by atoms with Crippen LogP contribution in [0.1, 0.15) is 12.8 Å². The fourth-order valence-corrected chi connectivity index (χ4v) is 2.68. The van der Waals surface area contributed by atoms with Gasteiger partial charge in [0.2, 0.25) is 0 Å². The van der Waals surface area contributed by atoms with E-state index >= 15 is 0 Å². The molecule has 0 bridgehead atoms. The summed E-state index contributed by atoms with van der Waals surface area (Å²) in [6.45, 7) is 3.37. The third kappa shape index (κ3) is 4.33. The summed E-state index contributed by atoms with van der Waals surface area (Å²) in [4.78, 5) is 0. The fourth-order valence-electron chi connectivity index (χ4n) is 2.68. The Labute approximate surface area is 132 Å². The number of hydrogen-bond donors (Lipinski definition) is 1. The molecule has 1 saturated heterocycles. The van der Waals surface area contributed by atoms with Crippen molar-refractivity contribution in [2.45, 2.75) is 18.9 Å². The minimum Gasteiger partial charge on any atom is -0.492 e. The molecule has 0 amide bonds. The van der Waals surface area contributed by atoms with Gasteiger partial charge >= 0.3 is 0 Å². The van der Waals surface area contributed by atoms with Crippen LogP contribution in [-0.4, -0.2) is 32.4 Å². The second-order valence-electron chi connectivity index (χ2n) is 5.58. The number of ether oxygens (including phenoxy) is 2. The number of benzene rings is 2. The van der Waals surface area contributed by atoms with Crippen LogP contribution in [0.3, 0.4) is 0 Å². The molecule has 3 nitrogen and oxygen atoms in total. The Kier molecular flexibility index (Phi) is 5.46.